The molecule has 0 bridgehead atoms. The predicted molar refractivity (Wildman–Crippen MR) is 105 cm³/mol. The van der Waals surface area contributed by atoms with Crippen LogP contribution in [0.2, 0.25) is 0 Å². The van der Waals surface area contributed by atoms with Crippen LogP contribution in [0.5, 0.6) is 0 Å². The van der Waals surface area contributed by atoms with Crippen molar-refractivity contribution in [2.45, 2.75) is 45.7 Å². The van der Waals surface area contributed by atoms with Crippen LogP contribution in [0.3, 0.4) is 0 Å². The summed E-state index contributed by atoms with van der Waals surface area (Å²) in [6.45, 7) is 6.05. The first kappa shape index (κ1) is 18.9. The summed E-state index contributed by atoms with van der Waals surface area (Å²) in [6, 6.07) is 8.87. The fourth-order valence-corrected chi connectivity index (χ4v) is 3.46. The second-order valence-corrected chi connectivity index (χ2v) is 7.24. The van der Waals surface area contributed by atoms with Gasteiger partial charge in [-0.05, 0) is 56.9 Å². The van der Waals surface area contributed by atoms with E-state index in [2.05, 4.69) is 24.5 Å². The monoisotopic (exact) mass is 367 g/mol. The van der Waals surface area contributed by atoms with Crippen LogP contribution in [0, 0.1) is 24.0 Å². The van der Waals surface area contributed by atoms with Gasteiger partial charge in [-0.2, -0.15) is 0 Å². The van der Waals surface area contributed by atoms with E-state index >= 15 is 0 Å². The average Bonchev–Trinajstić information content (AvgIpc) is 3.44. The molecule has 142 valence electrons. The second-order valence-electron chi connectivity index (χ2n) is 7.24. The Morgan fingerprint density at radius 3 is 2.67 bits per heavy atom. The van der Waals surface area contributed by atoms with E-state index in [1.807, 2.05) is 13.0 Å². The molecule has 0 aliphatic heterocycles. The van der Waals surface area contributed by atoms with Crippen molar-refractivity contribution in [3.05, 3.63) is 69.0 Å². The fraction of sp³-hybridized carbons (Fsp3) is 0.381. The molecule has 0 radical (unpaired) electrons. The van der Waals surface area contributed by atoms with Crippen LogP contribution in [0.1, 0.15) is 54.4 Å². The van der Waals surface area contributed by atoms with Gasteiger partial charge in [-0.1, -0.05) is 12.1 Å². The van der Waals surface area contributed by atoms with Gasteiger partial charge in [0.25, 0.3) is 5.69 Å². The molecule has 6 nitrogen and oxygen atoms in total. The van der Waals surface area contributed by atoms with Gasteiger partial charge in [0.05, 0.1) is 11.0 Å². The highest BCUT2D eigenvalue weighted by molar-refractivity contribution is 5.92. The number of amides is 1. The van der Waals surface area contributed by atoms with Crippen molar-refractivity contribution in [1.29, 1.82) is 0 Å². The van der Waals surface area contributed by atoms with Crippen molar-refractivity contribution < 1.29 is 9.72 Å². The van der Waals surface area contributed by atoms with E-state index in [0.717, 1.165) is 11.1 Å². The fourth-order valence-electron chi connectivity index (χ4n) is 3.46. The number of carbonyl (C=O) groups is 1. The lowest BCUT2D eigenvalue weighted by Gasteiger charge is -2.24. The quantitative estimate of drug-likeness (QED) is 0.426. The van der Waals surface area contributed by atoms with Gasteiger partial charge in [-0.3, -0.25) is 14.9 Å². The minimum atomic E-state index is -0.423. The number of aromatic nitrogens is 1. The number of rotatable bonds is 6. The largest absolute Gasteiger partial charge is 0.346 e. The molecule has 1 aliphatic rings. The molecule has 1 aromatic carbocycles. The minimum absolute atomic E-state index is 0.0308. The van der Waals surface area contributed by atoms with Crippen molar-refractivity contribution in [2.75, 3.05) is 7.05 Å². The van der Waals surface area contributed by atoms with Crippen LogP contribution in [-0.2, 0) is 4.79 Å². The van der Waals surface area contributed by atoms with E-state index in [-0.39, 0.29) is 17.6 Å². The van der Waals surface area contributed by atoms with Gasteiger partial charge >= 0.3 is 0 Å². The molecule has 0 unspecified atom stereocenters. The number of hydrogen-bond donors (Lipinski definition) is 0. The Kier molecular flexibility index (Phi) is 5.17. The van der Waals surface area contributed by atoms with Crippen LogP contribution in [0.4, 0.5) is 5.69 Å². The van der Waals surface area contributed by atoms with E-state index in [4.69, 9.17) is 0 Å². The number of carbonyl (C=O) groups excluding carboxylic acids is 1. The number of nitrogens with zero attached hydrogens (tertiary/aromatic N) is 3. The SMILES string of the molecule is Cc1cc(/C=C/C(=O)N(C)[C@@H](C)c2cccc([N+](=O)[O-])c2)c(C)n1C1CC1. The van der Waals surface area contributed by atoms with E-state index in [1.54, 1.807) is 30.2 Å². The summed E-state index contributed by atoms with van der Waals surface area (Å²) in [7, 11) is 1.71. The zero-order valence-corrected chi connectivity index (χ0v) is 16.2. The Hall–Kier alpha value is -2.89. The lowest BCUT2D eigenvalue weighted by atomic mass is 10.1. The van der Waals surface area contributed by atoms with Gasteiger partial charge in [0.1, 0.15) is 0 Å². The molecule has 0 N–H and O–H groups in total. The van der Waals surface area contributed by atoms with Crippen LogP contribution < -0.4 is 0 Å². The number of benzene rings is 1. The molecule has 1 aliphatic carbocycles. The molecular weight excluding hydrogens is 342 g/mol. The Labute approximate surface area is 159 Å². The summed E-state index contributed by atoms with van der Waals surface area (Å²) in [5.41, 5.74) is 4.24. The highest BCUT2D eigenvalue weighted by Crippen LogP contribution is 2.38. The van der Waals surface area contributed by atoms with Gasteiger partial charge in [0, 0.05) is 42.7 Å². The number of hydrogen-bond acceptors (Lipinski definition) is 3. The standard InChI is InChI=1S/C21H25N3O3/c1-14-12-18(16(3)23(14)19-9-10-19)8-11-21(25)22(4)15(2)17-6-5-7-20(13-17)24(26)27/h5-8,11-13,15,19H,9-10H2,1-4H3/b11-8+/t15-/m0/s1. The number of likely N-dealkylation sites (N-methyl/N-ethyl adjacent to an activating group) is 1. The smallest absolute Gasteiger partial charge is 0.269 e. The first-order valence-corrected chi connectivity index (χ1v) is 9.17. The lowest BCUT2D eigenvalue weighted by Crippen LogP contribution is -2.28. The maximum Gasteiger partial charge on any atom is 0.269 e. The first-order chi connectivity index (χ1) is 12.8. The summed E-state index contributed by atoms with van der Waals surface area (Å²) in [5, 5.41) is 11.0. The van der Waals surface area contributed by atoms with E-state index in [9.17, 15) is 14.9 Å². The van der Waals surface area contributed by atoms with E-state index in [1.165, 1.54) is 36.4 Å². The highest BCUT2D eigenvalue weighted by Gasteiger charge is 2.26. The Balaban J connectivity index is 1.74. The Bertz CT molecular complexity index is 909. The number of aryl methyl sites for hydroxylation is 1. The van der Waals surface area contributed by atoms with Crippen molar-refractivity contribution in [2.24, 2.45) is 0 Å². The molecule has 1 fully saturated rings. The second kappa shape index (κ2) is 7.39. The molecule has 1 aromatic heterocycles. The van der Waals surface area contributed by atoms with Crippen molar-refractivity contribution in [3.63, 3.8) is 0 Å². The number of nitro benzene ring substituents is 1. The normalized spacial score (nSPS) is 15.1. The lowest BCUT2D eigenvalue weighted by molar-refractivity contribution is -0.384. The van der Waals surface area contributed by atoms with Gasteiger partial charge in [-0.25, -0.2) is 0 Å². The molecule has 0 spiro atoms. The predicted octanol–water partition coefficient (Wildman–Crippen LogP) is 4.58. The topological polar surface area (TPSA) is 68.4 Å². The van der Waals surface area contributed by atoms with Gasteiger partial charge in [0.15, 0.2) is 0 Å². The third kappa shape index (κ3) is 3.94. The van der Waals surface area contributed by atoms with E-state index < -0.39 is 4.92 Å². The van der Waals surface area contributed by atoms with Crippen molar-refractivity contribution in [3.8, 4) is 0 Å². The van der Waals surface area contributed by atoms with Gasteiger partial charge < -0.3 is 9.47 Å². The summed E-state index contributed by atoms with van der Waals surface area (Å²) < 4.78 is 2.35. The molecule has 6 heteroatoms. The van der Waals surface area contributed by atoms with Crippen LogP contribution in [-0.4, -0.2) is 27.3 Å². The molecule has 1 saturated carbocycles. The van der Waals surface area contributed by atoms with Crippen molar-refractivity contribution >= 4 is 17.7 Å². The zero-order chi connectivity index (χ0) is 19.7. The summed E-state index contributed by atoms with van der Waals surface area (Å²) in [5.74, 6) is -0.134. The molecule has 27 heavy (non-hydrogen) atoms. The minimum Gasteiger partial charge on any atom is -0.346 e. The number of non-ortho nitro benzene ring substituents is 1. The van der Waals surface area contributed by atoms with Gasteiger partial charge in [-0.15, -0.1) is 0 Å². The van der Waals surface area contributed by atoms with Crippen LogP contribution in [0.15, 0.2) is 36.4 Å². The summed E-state index contributed by atoms with van der Waals surface area (Å²) >= 11 is 0. The summed E-state index contributed by atoms with van der Waals surface area (Å²) in [6.07, 6.45) is 5.89. The maximum absolute atomic E-state index is 12.6. The zero-order valence-electron chi connectivity index (χ0n) is 16.2. The molecule has 0 saturated heterocycles. The van der Waals surface area contributed by atoms with Crippen LogP contribution >= 0.6 is 0 Å². The highest BCUT2D eigenvalue weighted by atomic mass is 16.6. The molecule has 3 rings (SSSR count). The molecule has 1 amide bonds. The molecule has 1 heterocycles. The summed E-state index contributed by atoms with van der Waals surface area (Å²) in [4.78, 5) is 24.7. The van der Waals surface area contributed by atoms with E-state index in [0.29, 0.717) is 6.04 Å². The van der Waals surface area contributed by atoms with Gasteiger partial charge in [0.2, 0.25) is 5.91 Å². The van der Waals surface area contributed by atoms with Crippen molar-refractivity contribution in [1.82, 2.24) is 9.47 Å². The number of nitro groups is 1. The molecule has 2 aromatic rings. The molecule has 1 atom stereocenters. The van der Waals surface area contributed by atoms with Crippen LogP contribution in [0.25, 0.3) is 6.08 Å². The third-order valence-corrected chi connectivity index (χ3v) is 5.33. The third-order valence-electron chi connectivity index (χ3n) is 5.33. The average molecular weight is 367 g/mol. The molecular formula is C21H25N3O3. The first-order valence-electron chi connectivity index (χ1n) is 9.17. The Morgan fingerprint density at radius 1 is 1.33 bits per heavy atom. The Morgan fingerprint density at radius 2 is 2.04 bits per heavy atom. The maximum atomic E-state index is 12.6.